The van der Waals surface area contributed by atoms with Crippen LogP contribution in [0.5, 0.6) is 0 Å². The van der Waals surface area contributed by atoms with E-state index in [0.717, 1.165) is 19.3 Å². The first-order chi connectivity index (χ1) is 8.29. The molecule has 17 heavy (non-hydrogen) atoms. The molecule has 0 aliphatic heterocycles. The average Bonchev–Trinajstić information content (AvgIpc) is 2.37. The Balaban J connectivity index is 2.42. The lowest BCUT2D eigenvalue weighted by molar-refractivity contribution is -0.134. The Morgan fingerprint density at radius 2 is 1.88 bits per heavy atom. The number of Topliss-reactive ketones (excluding diaryl/α,β-unsaturated/α-hetero) is 1. The third kappa shape index (κ3) is 5.20. The maximum absolute atomic E-state index is 12.2. The van der Waals surface area contributed by atoms with Gasteiger partial charge >= 0.3 is 0 Å². The molecule has 2 nitrogen and oxygen atoms in total. The molecule has 1 atom stereocenters. The van der Waals surface area contributed by atoms with Crippen molar-refractivity contribution < 1.29 is 9.53 Å². The molecular formula is C15H28O2. The van der Waals surface area contributed by atoms with E-state index in [0.29, 0.717) is 18.3 Å². The van der Waals surface area contributed by atoms with Crippen molar-refractivity contribution >= 4 is 5.78 Å². The molecule has 0 heterocycles. The maximum Gasteiger partial charge on any atom is 0.161 e. The second-order valence-electron chi connectivity index (χ2n) is 5.20. The van der Waals surface area contributed by atoms with Crippen LogP contribution < -0.4 is 0 Å². The van der Waals surface area contributed by atoms with Crippen molar-refractivity contribution in [2.45, 2.75) is 77.7 Å². The first-order valence-electron chi connectivity index (χ1n) is 7.43. The van der Waals surface area contributed by atoms with Gasteiger partial charge in [0.25, 0.3) is 0 Å². The van der Waals surface area contributed by atoms with Gasteiger partial charge < -0.3 is 4.74 Å². The van der Waals surface area contributed by atoms with Crippen LogP contribution in [0.2, 0.25) is 0 Å². The Morgan fingerprint density at radius 3 is 2.47 bits per heavy atom. The molecule has 100 valence electrons. The summed E-state index contributed by atoms with van der Waals surface area (Å²) < 4.78 is 5.72. The predicted molar refractivity (Wildman–Crippen MR) is 71.1 cm³/mol. The fourth-order valence-electron chi connectivity index (χ4n) is 2.80. The fourth-order valence-corrected chi connectivity index (χ4v) is 2.80. The Labute approximate surface area is 106 Å². The number of unbranched alkanes of at least 4 members (excludes halogenated alkanes) is 2. The number of ether oxygens (including phenoxy) is 1. The quantitative estimate of drug-likeness (QED) is 0.596. The molecule has 1 aliphatic carbocycles. The highest BCUT2D eigenvalue weighted by Gasteiger charge is 2.29. The van der Waals surface area contributed by atoms with E-state index in [9.17, 15) is 4.79 Å². The molecule has 0 amide bonds. The van der Waals surface area contributed by atoms with Gasteiger partial charge in [-0.3, -0.25) is 4.79 Å². The minimum absolute atomic E-state index is 0.0999. The van der Waals surface area contributed by atoms with Crippen molar-refractivity contribution in [3.63, 3.8) is 0 Å². The second-order valence-corrected chi connectivity index (χ2v) is 5.20. The molecule has 0 aromatic heterocycles. The third-order valence-electron chi connectivity index (χ3n) is 3.77. The zero-order chi connectivity index (χ0) is 12.5. The van der Waals surface area contributed by atoms with Gasteiger partial charge in [-0.25, -0.2) is 0 Å². The van der Waals surface area contributed by atoms with Crippen LogP contribution in [-0.4, -0.2) is 18.5 Å². The first kappa shape index (κ1) is 14.7. The molecule has 0 saturated heterocycles. The molecule has 1 rings (SSSR count). The summed E-state index contributed by atoms with van der Waals surface area (Å²) in [4.78, 5) is 12.2. The lowest BCUT2D eigenvalue weighted by Gasteiger charge is -2.29. The van der Waals surface area contributed by atoms with E-state index in [1.807, 2.05) is 6.92 Å². The SMILES string of the molecule is CCCCCC(=O)C(OCC)C1CCCCC1. The summed E-state index contributed by atoms with van der Waals surface area (Å²) in [5, 5.41) is 0. The minimum Gasteiger partial charge on any atom is -0.370 e. The van der Waals surface area contributed by atoms with Crippen molar-refractivity contribution in [3.05, 3.63) is 0 Å². The Kier molecular flexibility index (Phi) is 7.50. The predicted octanol–water partition coefficient (Wildman–Crippen LogP) is 4.12. The third-order valence-corrected chi connectivity index (χ3v) is 3.77. The van der Waals surface area contributed by atoms with Crippen LogP contribution in [0.3, 0.4) is 0 Å². The van der Waals surface area contributed by atoms with E-state index in [1.54, 1.807) is 0 Å². The minimum atomic E-state index is -0.0999. The standard InChI is InChI=1S/C15H28O2/c1-3-5-7-12-14(16)15(17-4-2)13-10-8-6-9-11-13/h13,15H,3-12H2,1-2H3. The van der Waals surface area contributed by atoms with Gasteiger partial charge in [0.05, 0.1) is 0 Å². The van der Waals surface area contributed by atoms with Crippen LogP contribution in [0.1, 0.15) is 71.6 Å². The molecule has 2 heteroatoms. The number of carbonyl (C=O) groups excluding carboxylic acids is 1. The average molecular weight is 240 g/mol. The van der Waals surface area contributed by atoms with Crippen molar-refractivity contribution in [2.75, 3.05) is 6.61 Å². The lowest BCUT2D eigenvalue weighted by Crippen LogP contribution is -2.34. The van der Waals surface area contributed by atoms with Crippen molar-refractivity contribution in [1.29, 1.82) is 0 Å². The summed E-state index contributed by atoms with van der Waals surface area (Å²) in [6, 6.07) is 0. The largest absolute Gasteiger partial charge is 0.370 e. The van der Waals surface area contributed by atoms with Crippen LogP contribution in [-0.2, 0) is 9.53 Å². The smallest absolute Gasteiger partial charge is 0.161 e. The number of hydrogen-bond acceptors (Lipinski definition) is 2. The highest BCUT2D eigenvalue weighted by Crippen LogP contribution is 2.29. The van der Waals surface area contributed by atoms with E-state index in [2.05, 4.69) is 6.92 Å². The summed E-state index contributed by atoms with van der Waals surface area (Å²) >= 11 is 0. The molecule has 0 radical (unpaired) electrons. The molecule has 1 saturated carbocycles. The zero-order valence-corrected chi connectivity index (χ0v) is 11.5. The van der Waals surface area contributed by atoms with Crippen LogP contribution in [0.4, 0.5) is 0 Å². The summed E-state index contributed by atoms with van der Waals surface area (Å²) in [6.45, 7) is 4.83. The topological polar surface area (TPSA) is 26.3 Å². The van der Waals surface area contributed by atoms with E-state index in [1.165, 1.54) is 38.5 Å². The number of ketones is 1. The van der Waals surface area contributed by atoms with Crippen LogP contribution in [0.15, 0.2) is 0 Å². The Morgan fingerprint density at radius 1 is 1.18 bits per heavy atom. The monoisotopic (exact) mass is 240 g/mol. The van der Waals surface area contributed by atoms with Crippen LogP contribution in [0.25, 0.3) is 0 Å². The lowest BCUT2D eigenvalue weighted by atomic mass is 9.83. The Hall–Kier alpha value is -0.370. The molecule has 0 spiro atoms. The van der Waals surface area contributed by atoms with Gasteiger partial charge in [0.1, 0.15) is 6.10 Å². The Bertz CT molecular complexity index is 207. The van der Waals surface area contributed by atoms with Gasteiger partial charge in [0, 0.05) is 13.0 Å². The molecule has 1 aliphatic rings. The van der Waals surface area contributed by atoms with E-state index >= 15 is 0 Å². The van der Waals surface area contributed by atoms with Crippen molar-refractivity contribution in [2.24, 2.45) is 5.92 Å². The van der Waals surface area contributed by atoms with E-state index in [4.69, 9.17) is 4.74 Å². The zero-order valence-electron chi connectivity index (χ0n) is 11.5. The van der Waals surface area contributed by atoms with Gasteiger partial charge in [-0.15, -0.1) is 0 Å². The molecule has 0 bridgehead atoms. The molecule has 1 fully saturated rings. The second kappa shape index (κ2) is 8.68. The summed E-state index contributed by atoms with van der Waals surface area (Å²) in [6.07, 6.45) is 10.2. The number of hydrogen-bond donors (Lipinski definition) is 0. The van der Waals surface area contributed by atoms with Gasteiger partial charge in [0.2, 0.25) is 0 Å². The molecular weight excluding hydrogens is 212 g/mol. The van der Waals surface area contributed by atoms with Gasteiger partial charge in [-0.2, -0.15) is 0 Å². The number of carbonyl (C=O) groups is 1. The maximum atomic E-state index is 12.2. The van der Waals surface area contributed by atoms with Gasteiger partial charge in [0.15, 0.2) is 5.78 Å². The summed E-state index contributed by atoms with van der Waals surface area (Å²) in [5.41, 5.74) is 0. The van der Waals surface area contributed by atoms with Gasteiger partial charge in [-0.1, -0.05) is 39.0 Å². The summed E-state index contributed by atoms with van der Waals surface area (Å²) in [5.74, 6) is 0.852. The summed E-state index contributed by atoms with van der Waals surface area (Å²) in [7, 11) is 0. The molecule has 0 N–H and O–H groups in total. The molecule has 1 unspecified atom stereocenters. The molecule has 0 aromatic carbocycles. The van der Waals surface area contributed by atoms with Gasteiger partial charge in [-0.05, 0) is 32.1 Å². The highest BCUT2D eigenvalue weighted by molar-refractivity contribution is 5.83. The van der Waals surface area contributed by atoms with E-state index in [-0.39, 0.29) is 6.10 Å². The fraction of sp³-hybridized carbons (Fsp3) is 0.933. The highest BCUT2D eigenvalue weighted by atomic mass is 16.5. The molecule has 0 aromatic rings. The normalized spacial score (nSPS) is 19.2. The van der Waals surface area contributed by atoms with Crippen LogP contribution >= 0.6 is 0 Å². The first-order valence-corrected chi connectivity index (χ1v) is 7.43. The van der Waals surface area contributed by atoms with Crippen molar-refractivity contribution in [1.82, 2.24) is 0 Å². The van der Waals surface area contributed by atoms with E-state index < -0.39 is 0 Å². The van der Waals surface area contributed by atoms with Crippen molar-refractivity contribution in [3.8, 4) is 0 Å². The number of rotatable bonds is 8. The van der Waals surface area contributed by atoms with Crippen LogP contribution in [0, 0.1) is 5.92 Å².